The summed E-state index contributed by atoms with van der Waals surface area (Å²) in [5.74, 6) is 0. The minimum Gasteiger partial charge on any atom is -0.389 e. The second-order valence-electron chi connectivity index (χ2n) is 3.29. The first kappa shape index (κ1) is 11.0. The molecule has 0 aliphatic rings. The van der Waals surface area contributed by atoms with Gasteiger partial charge in [0.2, 0.25) is 0 Å². The van der Waals surface area contributed by atoms with Crippen LogP contribution in [-0.2, 0) is 0 Å². The number of nitrogens with one attached hydrogen (secondary N) is 1. The SMILES string of the molecule is C=C(C)/C=C(/C)CCNC(=C)C. The maximum Gasteiger partial charge on any atom is 0.0180 e. The van der Waals surface area contributed by atoms with E-state index < -0.39 is 0 Å². The Balaban J connectivity index is 3.64. The minimum atomic E-state index is 0.963. The molecule has 1 nitrogen and oxygen atoms in total. The third-order valence-electron chi connectivity index (χ3n) is 1.44. The van der Waals surface area contributed by atoms with Crippen LogP contribution in [0.3, 0.4) is 0 Å². The Morgan fingerprint density at radius 3 is 2.25 bits per heavy atom. The molecular formula is C11H19N. The molecule has 0 heterocycles. The molecule has 0 saturated carbocycles. The van der Waals surface area contributed by atoms with Gasteiger partial charge in [0.1, 0.15) is 0 Å². The molecule has 1 N–H and O–H groups in total. The Morgan fingerprint density at radius 2 is 1.83 bits per heavy atom. The Kier molecular flexibility index (Phi) is 5.18. The fraction of sp³-hybridized carbons (Fsp3) is 0.455. The van der Waals surface area contributed by atoms with Gasteiger partial charge in [0, 0.05) is 12.2 Å². The van der Waals surface area contributed by atoms with Crippen molar-refractivity contribution in [3.63, 3.8) is 0 Å². The topological polar surface area (TPSA) is 12.0 Å². The van der Waals surface area contributed by atoms with Crippen LogP contribution >= 0.6 is 0 Å². The van der Waals surface area contributed by atoms with Crippen LogP contribution in [0.5, 0.6) is 0 Å². The second kappa shape index (κ2) is 5.64. The molecule has 0 fully saturated rings. The van der Waals surface area contributed by atoms with Gasteiger partial charge in [0.15, 0.2) is 0 Å². The van der Waals surface area contributed by atoms with Crippen LogP contribution in [0.15, 0.2) is 36.1 Å². The Bertz CT molecular complexity index is 199. The molecule has 0 aromatic heterocycles. The van der Waals surface area contributed by atoms with E-state index in [4.69, 9.17) is 0 Å². The normalized spacial score (nSPS) is 11.1. The summed E-state index contributed by atoms with van der Waals surface area (Å²) in [6.07, 6.45) is 3.17. The summed E-state index contributed by atoms with van der Waals surface area (Å²) < 4.78 is 0. The van der Waals surface area contributed by atoms with Crippen molar-refractivity contribution in [2.75, 3.05) is 6.54 Å². The molecule has 0 spiro atoms. The Labute approximate surface area is 75.9 Å². The summed E-state index contributed by atoms with van der Waals surface area (Å²) in [4.78, 5) is 0. The lowest BCUT2D eigenvalue weighted by Crippen LogP contribution is -2.11. The highest BCUT2D eigenvalue weighted by Gasteiger charge is 1.89. The summed E-state index contributed by atoms with van der Waals surface area (Å²) in [5.41, 5.74) is 3.50. The molecule has 0 aliphatic heterocycles. The monoisotopic (exact) mass is 165 g/mol. The quantitative estimate of drug-likeness (QED) is 0.617. The molecule has 0 aromatic rings. The zero-order chi connectivity index (χ0) is 9.56. The van der Waals surface area contributed by atoms with Crippen molar-refractivity contribution in [3.05, 3.63) is 36.1 Å². The lowest BCUT2D eigenvalue weighted by Gasteiger charge is -2.04. The highest BCUT2D eigenvalue weighted by molar-refractivity contribution is 5.17. The molecule has 0 rings (SSSR count). The van der Waals surface area contributed by atoms with Crippen LogP contribution in [0.4, 0.5) is 0 Å². The first-order chi connectivity index (χ1) is 5.52. The van der Waals surface area contributed by atoms with E-state index in [1.165, 1.54) is 5.57 Å². The van der Waals surface area contributed by atoms with Gasteiger partial charge in [-0.25, -0.2) is 0 Å². The molecule has 0 amide bonds. The van der Waals surface area contributed by atoms with E-state index in [1.54, 1.807) is 0 Å². The molecule has 68 valence electrons. The largest absolute Gasteiger partial charge is 0.389 e. The van der Waals surface area contributed by atoms with Crippen molar-refractivity contribution in [1.82, 2.24) is 5.32 Å². The third kappa shape index (κ3) is 7.13. The molecule has 0 atom stereocenters. The van der Waals surface area contributed by atoms with Gasteiger partial charge in [-0.05, 0) is 27.2 Å². The van der Waals surface area contributed by atoms with E-state index in [1.807, 2.05) is 13.8 Å². The van der Waals surface area contributed by atoms with E-state index in [0.717, 1.165) is 24.2 Å². The summed E-state index contributed by atoms with van der Waals surface area (Å²) >= 11 is 0. The van der Waals surface area contributed by atoms with Gasteiger partial charge in [-0.1, -0.05) is 30.4 Å². The highest BCUT2D eigenvalue weighted by Crippen LogP contribution is 2.02. The van der Waals surface area contributed by atoms with Crippen molar-refractivity contribution in [1.29, 1.82) is 0 Å². The second-order valence-corrected chi connectivity index (χ2v) is 3.29. The zero-order valence-corrected chi connectivity index (χ0v) is 8.41. The maximum absolute atomic E-state index is 3.82. The van der Waals surface area contributed by atoms with E-state index in [-0.39, 0.29) is 0 Å². The molecule has 1 heteroatoms. The van der Waals surface area contributed by atoms with Crippen LogP contribution < -0.4 is 5.32 Å². The van der Waals surface area contributed by atoms with Gasteiger partial charge in [0.25, 0.3) is 0 Å². The van der Waals surface area contributed by atoms with Gasteiger partial charge in [-0.2, -0.15) is 0 Å². The van der Waals surface area contributed by atoms with E-state index >= 15 is 0 Å². The summed E-state index contributed by atoms with van der Waals surface area (Å²) in [6.45, 7) is 14.7. The lowest BCUT2D eigenvalue weighted by molar-refractivity contribution is 0.785. The molecule has 0 bridgehead atoms. The standard InChI is InChI=1S/C11H19N/c1-9(2)8-11(5)6-7-12-10(3)4/h8,12H,1,3,6-7H2,2,4-5H3/b11-8-. The van der Waals surface area contributed by atoms with Crippen LogP contribution in [0.25, 0.3) is 0 Å². The smallest absolute Gasteiger partial charge is 0.0180 e. The first-order valence-corrected chi connectivity index (χ1v) is 4.24. The number of hydrogen-bond donors (Lipinski definition) is 1. The highest BCUT2D eigenvalue weighted by atomic mass is 14.9. The maximum atomic E-state index is 3.82. The minimum absolute atomic E-state index is 0.963. The number of allylic oxidation sites excluding steroid dienone is 3. The van der Waals surface area contributed by atoms with Gasteiger partial charge in [0.05, 0.1) is 0 Å². The molecule has 0 aliphatic carbocycles. The number of rotatable bonds is 5. The predicted octanol–water partition coefficient (Wildman–Crippen LogP) is 3.02. The molecule has 0 unspecified atom stereocenters. The fourth-order valence-corrected chi connectivity index (χ4v) is 0.966. The van der Waals surface area contributed by atoms with Gasteiger partial charge >= 0.3 is 0 Å². The van der Waals surface area contributed by atoms with E-state index in [2.05, 4.69) is 31.5 Å². The average molecular weight is 165 g/mol. The van der Waals surface area contributed by atoms with Crippen molar-refractivity contribution >= 4 is 0 Å². The van der Waals surface area contributed by atoms with Crippen molar-refractivity contribution in [2.24, 2.45) is 0 Å². The first-order valence-electron chi connectivity index (χ1n) is 4.24. The van der Waals surface area contributed by atoms with Crippen molar-refractivity contribution in [3.8, 4) is 0 Å². The summed E-state index contributed by atoms with van der Waals surface area (Å²) in [6, 6.07) is 0. The van der Waals surface area contributed by atoms with Crippen molar-refractivity contribution < 1.29 is 0 Å². The Morgan fingerprint density at radius 1 is 1.25 bits per heavy atom. The lowest BCUT2D eigenvalue weighted by atomic mass is 10.1. The van der Waals surface area contributed by atoms with E-state index in [0.29, 0.717) is 0 Å². The van der Waals surface area contributed by atoms with Crippen LogP contribution in [-0.4, -0.2) is 6.54 Å². The van der Waals surface area contributed by atoms with Gasteiger partial charge < -0.3 is 5.32 Å². The molecular weight excluding hydrogens is 146 g/mol. The zero-order valence-electron chi connectivity index (χ0n) is 8.41. The van der Waals surface area contributed by atoms with Gasteiger partial charge in [-0.3, -0.25) is 0 Å². The summed E-state index contributed by atoms with van der Waals surface area (Å²) in [7, 11) is 0. The predicted molar refractivity (Wildman–Crippen MR) is 56.0 cm³/mol. The van der Waals surface area contributed by atoms with Crippen LogP contribution in [0, 0.1) is 0 Å². The number of hydrogen-bond acceptors (Lipinski definition) is 1. The van der Waals surface area contributed by atoms with Crippen LogP contribution in [0.1, 0.15) is 27.2 Å². The molecule has 0 saturated heterocycles. The Hall–Kier alpha value is -0.980. The van der Waals surface area contributed by atoms with Crippen LogP contribution in [0.2, 0.25) is 0 Å². The van der Waals surface area contributed by atoms with E-state index in [9.17, 15) is 0 Å². The molecule has 0 radical (unpaired) electrons. The average Bonchev–Trinajstić information content (AvgIpc) is 1.84. The van der Waals surface area contributed by atoms with Gasteiger partial charge in [-0.15, -0.1) is 0 Å². The third-order valence-corrected chi connectivity index (χ3v) is 1.44. The molecule has 0 aromatic carbocycles. The fourth-order valence-electron chi connectivity index (χ4n) is 0.966. The molecule has 12 heavy (non-hydrogen) atoms. The summed E-state index contributed by atoms with van der Waals surface area (Å²) in [5, 5.41) is 3.18. The van der Waals surface area contributed by atoms with Crippen molar-refractivity contribution in [2.45, 2.75) is 27.2 Å².